The Hall–Kier alpha value is -1.45. The molecule has 0 amide bonds. The van der Waals surface area contributed by atoms with Crippen molar-refractivity contribution >= 4 is 22.9 Å². The van der Waals surface area contributed by atoms with Crippen LogP contribution in [0.4, 0.5) is 22.0 Å². The van der Waals surface area contributed by atoms with E-state index in [0.29, 0.717) is 23.8 Å². The Labute approximate surface area is 236 Å². The van der Waals surface area contributed by atoms with Crippen LogP contribution in [0.3, 0.4) is 0 Å². The molecule has 3 unspecified atom stereocenters. The molecular formula is C30H39F5O2S2. The summed E-state index contributed by atoms with van der Waals surface area (Å²) in [7, 11) is 0. The lowest BCUT2D eigenvalue weighted by Crippen LogP contribution is -2.36. The number of fused-ring (bicyclic) bond motifs is 1. The summed E-state index contributed by atoms with van der Waals surface area (Å²) in [5.41, 5.74) is 2.66. The Morgan fingerprint density at radius 1 is 0.897 bits per heavy atom. The Balaban J connectivity index is 1.35. The molecule has 0 aromatic heterocycles. The molecule has 1 heterocycles. The fourth-order valence-corrected chi connectivity index (χ4v) is 7.98. The summed E-state index contributed by atoms with van der Waals surface area (Å²) in [5.74, 6) is -2.84. The van der Waals surface area contributed by atoms with Crippen LogP contribution in [0.25, 0.3) is 0 Å². The number of aromatic hydroxyl groups is 1. The van der Waals surface area contributed by atoms with Crippen LogP contribution in [0.2, 0.25) is 0 Å². The predicted octanol–water partition coefficient (Wildman–Crippen LogP) is 9.39. The van der Waals surface area contributed by atoms with Crippen LogP contribution in [0.5, 0.6) is 5.75 Å². The molecule has 0 saturated heterocycles. The Kier molecular flexibility index (Phi) is 11.9. The van der Waals surface area contributed by atoms with Crippen LogP contribution in [-0.4, -0.2) is 39.0 Å². The van der Waals surface area contributed by atoms with Crippen molar-refractivity contribution in [3.8, 4) is 5.75 Å². The Morgan fingerprint density at radius 3 is 2.18 bits per heavy atom. The molecule has 1 aliphatic heterocycles. The maximum Gasteiger partial charge on any atom is 0.453 e. The summed E-state index contributed by atoms with van der Waals surface area (Å²) in [6.45, 7) is 2.35. The van der Waals surface area contributed by atoms with Gasteiger partial charge in [-0.1, -0.05) is 86.6 Å². The Morgan fingerprint density at radius 2 is 1.51 bits per heavy atom. The van der Waals surface area contributed by atoms with E-state index >= 15 is 0 Å². The molecule has 2 nitrogen and oxygen atoms in total. The van der Waals surface area contributed by atoms with E-state index in [1.807, 2.05) is 23.9 Å². The summed E-state index contributed by atoms with van der Waals surface area (Å²) in [5, 5.41) is 9.99. The number of hydrogen-bond acceptors (Lipinski definition) is 3. The van der Waals surface area contributed by atoms with E-state index in [1.54, 1.807) is 6.07 Å². The van der Waals surface area contributed by atoms with Crippen LogP contribution in [0.1, 0.15) is 88.2 Å². The van der Waals surface area contributed by atoms with Gasteiger partial charge in [-0.05, 0) is 54.9 Å². The minimum atomic E-state index is -5.54. The summed E-state index contributed by atoms with van der Waals surface area (Å²) in [4.78, 5) is 1.17. The van der Waals surface area contributed by atoms with Crippen molar-refractivity contribution < 1.29 is 31.6 Å². The van der Waals surface area contributed by atoms with Crippen molar-refractivity contribution in [2.24, 2.45) is 0 Å². The third-order valence-corrected chi connectivity index (χ3v) is 10.6. The maximum atomic E-state index is 12.9. The second-order valence-corrected chi connectivity index (χ2v) is 13.5. The van der Waals surface area contributed by atoms with Gasteiger partial charge in [0, 0.05) is 22.5 Å². The molecule has 0 bridgehead atoms. The zero-order chi connectivity index (χ0) is 28.5. The van der Waals surface area contributed by atoms with E-state index in [-0.39, 0.29) is 11.2 Å². The number of benzene rings is 2. The summed E-state index contributed by atoms with van der Waals surface area (Å²) in [6.07, 6.45) is 0.769. The van der Waals surface area contributed by atoms with Gasteiger partial charge < -0.3 is 9.66 Å². The first-order valence-corrected chi connectivity index (χ1v) is 16.2. The molecule has 2 aromatic carbocycles. The van der Waals surface area contributed by atoms with Gasteiger partial charge in [-0.15, -0.1) is 11.8 Å². The highest BCUT2D eigenvalue weighted by molar-refractivity contribution is 7.99. The van der Waals surface area contributed by atoms with Crippen molar-refractivity contribution in [1.29, 1.82) is 0 Å². The quantitative estimate of drug-likeness (QED) is 0.128. The first kappa shape index (κ1) is 32.1. The lowest BCUT2D eigenvalue weighted by molar-refractivity contribution is -0.284. The number of halogens is 5. The number of phenols is 1. The van der Waals surface area contributed by atoms with Crippen molar-refractivity contribution in [3.63, 3.8) is 0 Å². The van der Waals surface area contributed by atoms with Gasteiger partial charge in [0.1, 0.15) is 17.3 Å². The van der Waals surface area contributed by atoms with E-state index in [9.17, 15) is 31.6 Å². The van der Waals surface area contributed by atoms with Crippen molar-refractivity contribution in [2.75, 3.05) is 17.3 Å². The summed E-state index contributed by atoms with van der Waals surface area (Å²) in [6, 6.07) is 16.4. The number of phenolic OH excluding ortho intramolecular Hbond substituents is 1. The fraction of sp³-hybridized carbons (Fsp3) is 0.600. The summed E-state index contributed by atoms with van der Waals surface area (Å²) >= 11 is 0.455. The molecule has 39 heavy (non-hydrogen) atoms. The van der Waals surface area contributed by atoms with Crippen molar-refractivity contribution in [1.82, 2.24) is 0 Å². The van der Waals surface area contributed by atoms with E-state index in [2.05, 4.69) is 37.3 Å². The molecule has 3 rings (SSSR count). The fourth-order valence-electron chi connectivity index (χ4n) is 5.38. The first-order chi connectivity index (χ1) is 18.4. The molecule has 1 aliphatic rings. The van der Waals surface area contributed by atoms with Gasteiger partial charge in [-0.2, -0.15) is 22.0 Å². The average molecular weight is 591 g/mol. The zero-order valence-electron chi connectivity index (χ0n) is 22.5. The van der Waals surface area contributed by atoms with E-state index in [4.69, 9.17) is 0 Å². The SMILES string of the molecule is CC1(c2ccccc2)CSc2cc(O)ccc2C1CCCCCCCCC[S+]([O-])CCCC(F)(F)C(F)(F)F. The third kappa shape index (κ3) is 9.02. The molecule has 3 atom stereocenters. The van der Waals surface area contributed by atoms with Crippen LogP contribution in [0.15, 0.2) is 53.4 Å². The molecule has 2 aromatic rings. The molecule has 0 spiro atoms. The minimum absolute atomic E-state index is 0.00813. The normalized spacial score (nSPS) is 20.5. The van der Waals surface area contributed by atoms with E-state index < -0.39 is 36.1 Å². The largest absolute Gasteiger partial charge is 0.616 e. The van der Waals surface area contributed by atoms with Crippen LogP contribution in [0, 0.1) is 0 Å². The van der Waals surface area contributed by atoms with Crippen molar-refractivity contribution in [2.45, 2.75) is 99.5 Å². The average Bonchev–Trinajstić information content (AvgIpc) is 2.88. The molecule has 1 N–H and O–H groups in total. The van der Waals surface area contributed by atoms with Crippen molar-refractivity contribution in [3.05, 3.63) is 59.7 Å². The maximum absolute atomic E-state index is 12.9. The molecule has 0 radical (unpaired) electrons. The van der Waals surface area contributed by atoms with Gasteiger partial charge in [0.05, 0.1) is 0 Å². The number of alkyl halides is 5. The first-order valence-electron chi connectivity index (χ1n) is 13.7. The third-order valence-electron chi connectivity index (χ3n) is 7.74. The van der Waals surface area contributed by atoms with Gasteiger partial charge in [-0.3, -0.25) is 0 Å². The highest BCUT2D eigenvalue weighted by Gasteiger charge is 2.56. The standard InChI is InChI=1S/C30H39F5O2S2/c1-28(23-13-8-7-9-14-23)22-38-27-21-24(36)16-17-25(27)26(28)15-10-5-3-2-4-6-11-19-39(37)20-12-18-29(31,32)30(33,34)35/h7-9,13-14,16-17,21,26,36H,2-6,10-12,15,18-20,22H2,1H3. The number of hydrogen-bond donors (Lipinski definition) is 1. The lowest BCUT2D eigenvalue weighted by atomic mass is 9.68. The van der Waals surface area contributed by atoms with Crippen LogP contribution >= 0.6 is 11.8 Å². The second kappa shape index (κ2) is 14.4. The highest BCUT2D eigenvalue weighted by Crippen LogP contribution is 2.52. The van der Waals surface area contributed by atoms with Crippen LogP contribution < -0.4 is 0 Å². The summed E-state index contributed by atoms with van der Waals surface area (Å²) < 4.78 is 74.4. The highest BCUT2D eigenvalue weighted by atomic mass is 32.2. The predicted molar refractivity (Wildman–Crippen MR) is 150 cm³/mol. The zero-order valence-corrected chi connectivity index (χ0v) is 24.1. The van der Waals surface area contributed by atoms with Gasteiger partial charge in [0.15, 0.2) is 0 Å². The molecule has 9 heteroatoms. The van der Waals surface area contributed by atoms with E-state index in [0.717, 1.165) is 50.7 Å². The number of unbranched alkanes of at least 4 members (excludes halogenated alkanes) is 6. The molecule has 0 saturated carbocycles. The molecule has 0 fully saturated rings. The lowest BCUT2D eigenvalue weighted by Gasteiger charge is -2.43. The monoisotopic (exact) mass is 590 g/mol. The second-order valence-electron chi connectivity index (χ2n) is 10.8. The van der Waals surface area contributed by atoms with Gasteiger partial charge in [0.2, 0.25) is 0 Å². The van der Waals surface area contributed by atoms with E-state index in [1.165, 1.54) is 16.0 Å². The molecule has 218 valence electrons. The number of thioether (sulfide) groups is 1. The topological polar surface area (TPSA) is 43.3 Å². The van der Waals surface area contributed by atoms with Gasteiger partial charge >= 0.3 is 12.1 Å². The molecule has 0 aliphatic carbocycles. The smallest absolute Gasteiger partial charge is 0.453 e. The van der Waals surface area contributed by atoms with Crippen LogP contribution in [-0.2, 0) is 16.6 Å². The minimum Gasteiger partial charge on any atom is -0.616 e. The Bertz CT molecular complexity index is 1020. The van der Waals surface area contributed by atoms with Gasteiger partial charge in [0.25, 0.3) is 0 Å². The number of rotatable bonds is 15. The van der Waals surface area contributed by atoms with Gasteiger partial charge in [-0.25, -0.2) is 0 Å². The molecular weight excluding hydrogens is 551 g/mol.